The molecule has 26 heavy (non-hydrogen) atoms. The molecule has 2 unspecified atom stereocenters. The Hall–Kier alpha value is -2.40. The second-order valence-electron chi connectivity index (χ2n) is 6.62. The van der Waals surface area contributed by atoms with Gasteiger partial charge in [0.25, 0.3) is 5.91 Å². The summed E-state index contributed by atoms with van der Waals surface area (Å²) in [5, 5.41) is 0. The van der Waals surface area contributed by atoms with Gasteiger partial charge in [-0.2, -0.15) is 0 Å². The van der Waals surface area contributed by atoms with E-state index in [0.29, 0.717) is 17.9 Å². The molecule has 0 aliphatic carbocycles. The Kier molecular flexibility index (Phi) is 5.89. The Balaban J connectivity index is 1.66. The van der Waals surface area contributed by atoms with Gasteiger partial charge in [-0.1, -0.05) is 18.2 Å². The molecular formula is C21H24FNO3. The summed E-state index contributed by atoms with van der Waals surface area (Å²) in [5.74, 6) is 0.268. The number of halogens is 1. The Labute approximate surface area is 153 Å². The molecular weight excluding hydrogens is 333 g/mol. The van der Waals surface area contributed by atoms with E-state index in [4.69, 9.17) is 9.47 Å². The van der Waals surface area contributed by atoms with E-state index >= 15 is 0 Å². The number of hydrogen-bond acceptors (Lipinski definition) is 3. The molecule has 2 aromatic rings. The van der Waals surface area contributed by atoms with Crippen molar-refractivity contribution in [3.63, 3.8) is 0 Å². The normalized spacial score (nSPS) is 17.7. The molecule has 0 radical (unpaired) electrons. The summed E-state index contributed by atoms with van der Waals surface area (Å²) in [6.07, 6.45) is 2.21. The standard InChI is InChI=1S/C21H24FNO3/c1-15(16-8-10-18(22)11-9-16)23(2)21(24)17-5-3-6-19(13-17)26-14-20-7-4-12-25-20/h3,5-6,8-11,13,15,20H,4,7,12,14H2,1-2H3. The fourth-order valence-corrected chi connectivity index (χ4v) is 3.03. The molecule has 1 saturated heterocycles. The quantitative estimate of drug-likeness (QED) is 0.777. The molecule has 1 aliphatic rings. The average Bonchev–Trinajstić information content (AvgIpc) is 3.19. The first-order valence-electron chi connectivity index (χ1n) is 8.91. The van der Waals surface area contributed by atoms with Crippen molar-refractivity contribution < 1.29 is 18.7 Å². The first-order valence-corrected chi connectivity index (χ1v) is 8.91. The zero-order valence-corrected chi connectivity index (χ0v) is 15.2. The highest BCUT2D eigenvalue weighted by molar-refractivity contribution is 5.94. The lowest BCUT2D eigenvalue weighted by molar-refractivity contribution is 0.0677. The highest BCUT2D eigenvalue weighted by Gasteiger charge is 2.20. The summed E-state index contributed by atoms with van der Waals surface area (Å²) in [7, 11) is 1.75. The first kappa shape index (κ1) is 18.4. The molecule has 5 heteroatoms. The highest BCUT2D eigenvalue weighted by Crippen LogP contribution is 2.23. The van der Waals surface area contributed by atoms with Crippen LogP contribution in [-0.4, -0.2) is 37.2 Å². The van der Waals surface area contributed by atoms with Crippen LogP contribution < -0.4 is 4.74 Å². The number of nitrogens with zero attached hydrogens (tertiary/aromatic N) is 1. The number of rotatable bonds is 6. The van der Waals surface area contributed by atoms with Gasteiger partial charge in [-0.05, 0) is 55.7 Å². The van der Waals surface area contributed by atoms with Crippen molar-refractivity contribution in [3.8, 4) is 5.75 Å². The second-order valence-corrected chi connectivity index (χ2v) is 6.62. The molecule has 3 rings (SSSR count). The summed E-state index contributed by atoms with van der Waals surface area (Å²) in [6, 6.07) is 13.2. The zero-order chi connectivity index (χ0) is 18.5. The molecule has 2 aromatic carbocycles. The molecule has 1 heterocycles. The molecule has 0 bridgehead atoms. The van der Waals surface area contributed by atoms with Crippen LogP contribution in [0.15, 0.2) is 48.5 Å². The molecule has 2 atom stereocenters. The monoisotopic (exact) mass is 357 g/mol. The van der Waals surface area contributed by atoms with E-state index in [-0.39, 0.29) is 23.9 Å². The van der Waals surface area contributed by atoms with Gasteiger partial charge in [0, 0.05) is 19.2 Å². The van der Waals surface area contributed by atoms with Crippen LogP contribution in [0.3, 0.4) is 0 Å². The fourth-order valence-electron chi connectivity index (χ4n) is 3.03. The molecule has 1 fully saturated rings. The maximum absolute atomic E-state index is 13.1. The van der Waals surface area contributed by atoms with E-state index in [1.165, 1.54) is 12.1 Å². The van der Waals surface area contributed by atoms with Crippen LogP contribution >= 0.6 is 0 Å². The third-order valence-corrected chi connectivity index (χ3v) is 4.79. The van der Waals surface area contributed by atoms with Crippen molar-refractivity contribution >= 4 is 5.91 Å². The lowest BCUT2D eigenvalue weighted by atomic mass is 10.1. The summed E-state index contributed by atoms with van der Waals surface area (Å²) in [5.41, 5.74) is 1.44. The van der Waals surface area contributed by atoms with E-state index in [2.05, 4.69) is 0 Å². The van der Waals surface area contributed by atoms with Crippen molar-refractivity contribution in [3.05, 3.63) is 65.5 Å². The third kappa shape index (κ3) is 4.41. The van der Waals surface area contributed by atoms with Crippen LogP contribution in [0.5, 0.6) is 5.75 Å². The minimum atomic E-state index is -0.286. The fraction of sp³-hybridized carbons (Fsp3) is 0.381. The summed E-state index contributed by atoms with van der Waals surface area (Å²) in [6.45, 7) is 3.21. The molecule has 1 amide bonds. The first-order chi connectivity index (χ1) is 12.5. The van der Waals surface area contributed by atoms with Crippen LogP contribution in [0.4, 0.5) is 4.39 Å². The number of carbonyl (C=O) groups is 1. The predicted molar refractivity (Wildman–Crippen MR) is 97.8 cm³/mol. The Morgan fingerprint density at radius 1 is 1.31 bits per heavy atom. The maximum atomic E-state index is 13.1. The van der Waals surface area contributed by atoms with Crippen LogP contribution in [0.1, 0.15) is 41.7 Å². The lowest BCUT2D eigenvalue weighted by Crippen LogP contribution is -2.29. The number of hydrogen-bond donors (Lipinski definition) is 0. The summed E-state index contributed by atoms with van der Waals surface area (Å²) in [4.78, 5) is 14.5. The summed E-state index contributed by atoms with van der Waals surface area (Å²) < 4.78 is 24.4. The number of ether oxygens (including phenoxy) is 2. The lowest BCUT2D eigenvalue weighted by Gasteiger charge is -2.25. The molecule has 4 nitrogen and oxygen atoms in total. The van der Waals surface area contributed by atoms with Gasteiger partial charge in [-0.25, -0.2) is 4.39 Å². The smallest absolute Gasteiger partial charge is 0.254 e. The Bertz CT molecular complexity index is 741. The Morgan fingerprint density at radius 2 is 2.08 bits per heavy atom. The summed E-state index contributed by atoms with van der Waals surface area (Å²) >= 11 is 0. The molecule has 0 saturated carbocycles. The Morgan fingerprint density at radius 3 is 2.77 bits per heavy atom. The van der Waals surface area contributed by atoms with Gasteiger partial charge in [-0.15, -0.1) is 0 Å². The molecule has 138 valence electrons. The van der Waals surface area contributed by atoms with E-state index in [0.717, 1.165) is 25.0 Å². The van der Waals surface area contributed by atoms with Gasteiger partial charge < -0.3 is 14.4 Å². The van der Waals surface area contributed by atoms with Crippen LogP contribution in [0.2, 0.25) is 0 Å². The van der Waals surface area contributed by atoms with Crippen LogP contribution in [0.25, 0.3) is 0 Å². The molecule has 1 aliphatic heterocycles. The molecule has 0 spiro atoms. The zero-order valence-electron chi connectivity index (χ0n) is 15.2. The van der Waals surface area contributed by atoms with Crippen molar-refractivity contribution in [2.24, 2.45) is 0 Å². The van der Waals surface area contributed by atoms with E-state index in [1.54, 1.807) is 36.2 Å². The van der Waals surface area contributed by atoms with Gasteiger partial charge in [-0.3, -0.25) is 4.79 Å². The number of amides is 1. The van der Waals surface area contributed by atoms with Gasteiger partial charge in [0.15, 0.2) is 0 Å². The molecule has 0 N–H and O–H groups in total. The maximum Gasteiger partial charge on any atom is 0.254 e. The largest absolute Gasteiger partial charge is 0.491 e. The van der Waals surface area contributed by atoms with Crippen molar-refractivity contribution in [1.82, 2.24) is 4.90 Å². The second kappa shape index (κ2) is 8.32. The van der Waals surface area contributed by atoms with Crippen molar-refractivity contribution in [1.29, 1.82) is 0 Å². The van der Waals surface area contributed by atoms with E-state index in [1.807, 2.05) is 19.1 Å². The minimum Gasteiger partial charge on any atom is -0.491 e. The van der Waals surface area contributed by atoms with Crippen molar-refractivity contribution in [2.75, 3.05) is 20.3 Å². The van der Waals surface area contributed by atoms with E-state index < -0.39 is 0 Å². The van der Waals surface area contributed by atoms with Crippen LogP contribution in [-0.2, 0) is 4.74 Å². The van der Waals surface area contributed by atoms with Crippen LogP contribution in [0, 0.1) is 5.82 Å². The topological polar surface area (TPSA) is 38.8 Å². The molecule has 0 aromatic heterocycles. The minimum absolute atomic E-state index is 0.107. The van der Waals surface area contributed by atoms with Crippen molar-refractivity contribution in [2.45, 2.75) is 31.9 Å². The van der Waals surface area contributed by atoms with Gasteiger partial charge in [0.2, 0.25) is 0 Å². The average molecular weight is 357 g/mol. The van der Waals surface area contributed by atoms with Gasteiger partial charge in [0.1, 0.15) is 18.2 Å². The number of benzene rings is 2. The third-order valence-electron chi connectivity index (χ3n) is 4.79. The van der Waals surface area contributed by atoms with E-state index in [9.17, 15) is 9.18 Å². The SMILES string of the molecule is CC(c1ccc(F)cc1)N(C)C(=O)c1cccc(OCC2CCCO2)c1. The van der Waals surface area contributed by atoms with Gasteiger partial charge in [0.05, 0.1) is 12.1 Å². The highest BCUT2D eigenvalue weighted by atomic mass is 19.1. The number of carbonyl (C=O) groups excluding carboxylic acids is 1. The predicted octanol–water partition coefficient (Wildman–Crippen LogP) is 4.22. The van der Waals surface area contributed by atoms with Gasteiger partial charge >= 0.3 is 0 Å².